The Morgan fingerprint density at radius 3 is 2.78 bits per heavy atom. The van der Waals surface area contributed by atoms with Gasteiger partial charge >= 0.3 is 0 Å². The zero-order chi connectivity index (χ0) is 19.6. The van der Waals surface area contributed by atoms with Crippen molar-refractivity contribution in [1.29, 1.82) is 0 Å². The summed E-state index contributed by atoms with van der Waals surface area (Å²) in [4.78, 5) is 24.7. The summed E-state index contributed by atoms with van der Waals surface area (Å²) in [6.07, 6.45) is 1.60. The van der Waals surface area contributed by atoms with Crippen LogP contribution in [-0.4, -0.2) is 37.7 Å². The minimum absolute atomic E-state index is 0.00674. The van der Waals surface area contributed by atoms with Crippen LogP contribution in [0.15, 0.2) is 45.9 Å². The van der Waals surface area contributed by atoms with Crippen LogP contribution in [0.3, 0.4) is 0 Å². The fraction of sp³-hybridized carbons (Fsp3) is 0.333. The molecule has 8 nitrogen and oxygen atoms in total. The lowest BCUT2D eigenvalue weighted by atomic mass is 10.2. The number of hydrogen-bond acceptors (Lipinski definition) is 6. The van der Waals surface area contributed by atoms with Crippen molar-refractivity contribution in [3.63, 3.8) is 0 Å². The molecule has 3 rings (SSSR count). The molecule has 1 aromatic carbocycles. The molecule has 2 aromatic rings. The quantitative estimate of drug-likeness (QED) is 0.800. The van der Waals surface area contributed by atoms with Crippen molar-refractivity contribution in [1.82, 2.24) is 9.62 Å². The van der Waals surface area contributed by atoms with Gasteiger partial charge in [0.1, 0.15) is 17.6 Å². The molecule has 1 aromatic heterocycles. The highest BCUT2D eigenvalue weighted by atomic mass is 32.2. The van der Waals surface area contributed by atoms with E-state index in [9.17, 15) is 18.0 Å². The molecule has 0 aliphatic carbocycles. The minimum Gasteiger partial charge on any atom is -0.496 e. The molecule has 27 heavy (non-hydrogen) atoms. The van der Waals surface area contributed by atoms with Gasteiger partial charge in [-0.2, -0.15) is 0 Å². The van der Waals surface area contributed by atoms with Crippen LogP contribution < -0.4 is 10.1 Å². The van der Waals surface area contributed by atoms with Gasteiger partial charge in [0.25, 0.3) is 10.0 Å². The van der Waals surface area contributed by atoms with Gasteiger partial charge in [-0.05, 0) is 49.2 Å². The SMILES string of the molecule is COc1ccc(S(=O)(=O)N2C(=O)CC[C@H]2C(=O)NCc2ccco2)cc1C. The van der Waals surface area contributed by atoms with Crippen LogP contribution in [-0.2, 0) is 26.2 Å². The van der Waals surface area contributed by atoms with E-state index in [2.05, 4.69) is 5.32 Å². The van der Waals surface area contributed by atoms with Crippen LogP contribution in [0.5, 0.6) is 5.75 Å². The molecule has 0 spiro atoms. The number of nitrogens with zero attached hydrogens (tertiary/aromatic N) is 1. The summed E-state index contributed by atoms with van der Waals surface area (Å²) >= 11 is 0. The summed E-state index contributed by atoms with van der Waals surface area (Å²) in [5.74, 6) is -0.0602. The number of amides is 2. The molecule has 2 amide bonds. The molecule has 1 saturated heterocycles. The monoisotopic (exact) mass is 392 g/mol. The van der Waals surface area contributed by atoms with Crippen molar-refractivity contribution < 1.29 is 27.2 Å². The Kier molecular flexibility index (Phi) is 5.22. The highest BCUT2D eigenvalue weighted by Crippen LogP contribution is 2.29. The molecular formula is C18H20N2O6S. The van der Waals surface area contributed by atoms with E-state index in [4.69, 9.17) is 9.15 Å². The fourth-order valence-electron chi connectivity index (χ4n) is 3.03. The first kappa shape index (κ1) is 19.0. The number of nitrogens with one attached hydrogen (secondary N) is 1. The largest absolute Gasteiger partial charge is 0.496 e. The first-order valence-electron chi connectivity index (χ1n) is 8.36. The number of methoxy groups -OCH3 is 1. The third-order valence-electron chi connectivity index (χ3n) is 4.40. The second kappa shape index (κ2) is 7.43. The number of carbonyl (C=O) groups excluding carboxylic acids is 2. The molecule has 1 atom stereocenters. The normalized spacial score (nSPS) is 17.2. The molecule has 0 unspecified atom stereocenters. The highest BCUT2D eigenvalue weighted by Gasteiger charge is 2.44. The van der Waals surface area contributed by atoms with Gasteiger partial charge in [-0.25, -0.2) is 12.7 Å². The van der Waals surface area contributed by atoms with Crippen molar-refractivity contribution in [2.24, 2.45) is 0 Å². The van der Waals surface area contributed by atoms with Gasteiger partial charge in [-0.15, -0.1) is 0 Å². The molecule has 2 heterocycles. The van der Waals surface area contributed by atoms with Crippen LogP contribution in [0.1, 0.15) is 24.2 Å². The van der Waals surface area contributed by atoms with E-state index in [0.29, 0.717) is 21.4 Å². The summed E-state index contributed by atoms with van der Waals surface area (Å²) in [6, 6.07) is 6.61. The van der Waals surface area contributed by atoms with Crippen molar-refractivity contribution in [2.75, 3.05) is 7.11 Å². The van der Waals surface area contributed by atoms with Crippen LogP contribution in [0.25, 0.3) is 0 Å². The molecule has 0 radical (unpaired) electrons. The first-order chi connectivity index (χ1) is 12.8. The third kappa shape index (κ3) is 3.68. The summed E-state index contributed by atoms with van der Waals surface area (Å²) < 4.78 is 37.0. The lowest BCUT2D eigenvalue weighted by molar-refractivity contribution is -0.130. The molecule has 1 fully saturated rings. The lowest BCUT2D eigenvalue weighted by Crippen LogP contribution is -2.47. The number of ether oxygens (including phenoxy) is 1. The summed E-state index contributed by atoms with van der Waals surface area (Å²) in [6.45, 7) is 1.82. The standard InChI is InChI=1S/C18H20N2O6S/c1-12-10-14(5-7-16(12)25-2)27(23,24)20-15(6-8-17(20)21)18(22)19-11-13-4-3-9-26-13/h3-5,7,9-10,15H,6,8,11H2,1-2H3,(H,19,22)/t15-/m0/s1. The molecule has 0 saturated carbocycles. The number of aryl methyl sites for hydroxylation is 1. The predicted octanol–water partition coefficient (Wildman–Crippen LogP) is 1.59. The van der Waals surface area contributed by atoms with Gasteiger partial charge in [-0.3, -0.25) is 9.59 Å². The van der Waals surface area contributed by atoms with Crippen LogP contribution in [0.4, 0.5) is 0 Å². The maximum Gasteiger partial charge on any atom is 0.267 e. The Balaban J connectivity index is 1.84. The molecule has 1 aliphatic heterocycles. The van der Waals surface area contributed by atoms with E-state index >= 15 is 0 Å². The van der Waals surface area contributed by atoms with E-state index in [0.717, 1.165) is 0 Å². The van der Waals surface area contributed by atoms with E-state index in [-0.39, 0.29) is 24.3 Å². The zero-order valence-electron chi connectivity index (χ0n) is 15.0. The number of furan rings is 1. The van der Waals surface area contributed by atoms with Crippen molar-refractivity contribution in [3.05, 3.63) is 47.9 Å². The summed E-state index contributed by atoms with van der Waals surface area (Å²) in [7, 11) is -2.67. The second-order valence-electron chi connectivity index (χ2n) is 6.18. The number of carbonyl (C=O) groups is 2. The third-order valence-corrected chi connectivity index (χ3v) is 6.23. The van der Waals surface area contributed by atoms with Gasteiger partial charge in [0.05, 0.1) is 24.8 Å². The summed E-state index contributed by atoms with van der Waals surface area (Å²) in [5.41, 5.74) is 0.615. The maximum atomic E-state index is 13.0. The van der Waals surface area contributed by atoms with Gasteiger partial charge < -0.3 is 14.5 Å². The number of benzene rings is 1. The fourth-order valence-corrected chi connectivity index (χ4v) is 4.72. The smallest absolute Gasteiger partial charge is 0.267 e. The van der Waals surface area contributed by atoms with E-state index in [1.54, 1.807) is 19.1 Å². The van der Waals surface area contributed by atoms with Crippen molar-refractivity contribution in [3.8, 4) is 5.75 Å². The minimum atomic E-state index is -4.16. The topological polar surface area (TPSA) is 106 Å². The lowest BCUT2D eigenvalue weighted by Gasteiger charge is -2.24. The Labute approximate surface area is 157 Å². The number of rotatable bonds is 6. The molecular weight excluding hydrogens is 372 g/mol. The average molecular weight is 392 g/mol. The van der Waals surface area contributed by atoms with Crippen molar-refractivity contribution >= 4 is 21.8 Å². The van der Waals surface area contributed by atoms with Gasteiger partial charge in [-0.1, -0.05) is 0 Å². The molecule has 1 aliphatic rings. The summed E-state index contributed by atoms with van der Waals surface area (Å²) in [5, 5.41) is 2.62. The average Bonchev–Trinajstić information content (AvgIpc) is 3.29. The molecule has 0 bridgehead atoms. The maximum absolute atomic E-state index is 13.0. The zero-order valence-corrected chi connectivity index (χ0v) is 15.8. The van der Waals surface area contributed by atoms with E-state index < -0.39 is 27.9 Å². The number of hydrogen-bond donors (Lipinski definition) is 1. The van der Waals surface area contributed by atoms with E-state index in [1.807, 2.05) is 0 Å². The van der Waals surface area contributed by atoms with Gasteiger partial charge in [0.15, 0.2) is 0 Å². The highest BCUT2D eigenvalue weighted by molar-refractivity contribution is 7.89. The second-order valence-corrected chi connectivity index (χ2v) is 7.99. The molecule has 9 heteroatoms. The Morgan fingerprint density at radius 1 is 1.37 bits per heavy atom. The Morgan fingerprint density at radius 2 is 2.15 bits per heavy atom. The predicted molar refractivity (Wildman–Crippen MR) is 95.3 cm³/mol. The Hall–Kier alpha value is -2.81. The Bertz CT molecular complexity index is 952. The van der Waals surface area contributed by atoms with Crippen LogP contribution in [0.2, 0.25) is 0 Å². The van der Waals surface area contributed by atoms with Gasteiger partial charge in [0, 0.05) is 6.42 Å². The molecule has 144 valence electrons. The number of sulfonamides is 1. The van der Waals surface area contributed by atoms with E-state index in [1.165, 1.54) is 31.6 Å². The van der Waals surface area contributed by atoms with Gasteiger partial charge in [0.2, 0.25) is 11.8 Å². The van der Waals surface area contributed by atoms with Crippen LogP contribution in [0, 0.1) is 6.92 Å². The first-order valence-corrected chi connectivity index (χ1v) is 9.80. The molecule has 1 N–H and O–H groups in total. The van der Waals surface area contributed by atoms with Crippen LogP contribution >= 0.6 is 0 Å². The van der Waals surface area contributed by atoms with Crippen molar-refractivity contribution in [2.45, 2.75) is 37.2 Å².